The molecule has 0 N–H and O–H groups in total. The number of hydroxylamine groups is 2. The van der Waals surface area contributed by atoms with Crippen LogP contribution in [-0.4, -0.2) is 16.9 Å². The van der Waals surface area contributed by atoms with Gasteiger partial charge in [-0.05, 0) is 6.42 Å². The molecular formula is C9H14N2O3. The van der Waals surface area contributed by atoms with E-state index in [1.807, 2.05) is 6.92 Å². The first-order valence-corrected chi connectivity index (χ1v) is 4.53. The van der Waals surface area contributed by atoms with Gasteiger partial charge in [-0.1, -0.05) is 24.8 Å². The molecule has 1 amide bonds. The summed E-state index contributed by atoms with van der Waals surface area (Å²) in [6, 6.07) is 0. The first-order chi connectivity index (χ1) is 6.61. The molecule has 0 saturated heterocycles. The van der Waals surface area contributed by atoms with Crippen molar-refractivity contribution in [2.45, 2.75) is 39.5 Å². The van der Waals surface area contributed by atoms with Crippen molar-refractivity contribution >= 4 is 11.9 Å². The predicted molar refractivity (Wildman–Crippen MR) is 48.4 cm³/mol. The van der Waals surface area contributed by atoms with Gasteiger partial charge in [-0.15, -0.1) is 0 Å². The molecular weight excluding hydrogens is 184 g/mol. The third-order valence-corrected chi connectivity index (χ3v) is 1.55. The van der Waals surface area contributed by atoms with Crippen molar-refractivity contribution in [1.29, 1.82) is 5.26 Å². The van der Waals surface area contributed by atoms with Crippen LogP contribution in [-0.2, 0) is 14.4 Å². The Hall–Kier alpha value is -1.57. The smallest absolute Gasteiger partial charge is 0.324 e. The summed E-state index contributed by atoms with van der Waals surface area (Å²) < 4.78 is 0. The molecule has 0 rings (SSSR count). The number of carbonyl (C=O) groups excluding carboxylic acids is 2. The molecule has 5 nitrogen and oxygen atoms in total. The number of nitriles is 1. The van der Waals surface area contributed by atoms with Crippen LogP contribution in [0.3, 0.4) is 0 Å². The summed E-state index contributed by atoms with van der Waals surface area (Å²) in [6.45, 7) is 3.17. The molecule has 0 bridgehead atoms. The SMILES string of the molecule is CCCCCC(=O)ON(C#N)C(C)=O. The minimum atomic E-state index is -0.601. The highest BCUT2D eigenvalue weighted by molar-refractivity contribution is 5.77. The molecule has 0 aromatic carbocycles. The molecule has 0 aliphatic rings. The lowest BCUT2D eigenvalue weighted by Crippen LogP contribution is -2.26. The van der Waals surface area contributed by atoms with Crippen LogP contribution in [0.2, 0.25) is 0 Å². The van der Waals surface area contributed by atoms with Gasteiger partial charge in [0.2, 0.25) is 6.19 Å². The van der Waals surface area contributed by atoms with Gasteiger partial charge in [0.15, 0.2) is 0 Å². The number of carbonyl (C=O) groups is 2. The van der Waals surface area contributed by atoms with E-state index in [0.717, 1.165) is 19.8 Å². The number of unbranched alkanes of at least 4 members (excludes halogenated alkanes) is 2. The highest BCUT2D eigenvalue weighted by Gasteiger charge is 2.13. The second kappa shape index (κ2) is 6.89. The Kier molecular flexibility index (Phi) is 6.12. The highest BCUT2D eigenvalue weighted by Crippen LogP contribution is 2.02. The fourth-order valence-electron chi connectivity index (χ4n) is 0.822. The lowest BCUT2D eigenvalue weighted by Gasteiger charge is -2.09. The summed E-state index contributed by atoms with van der Waals surface area (Å²) >= 11 is 0. The molecule has 0 fully saturated rings. The first-order valence-electron chi connectivity index (χ1n) is 4.53. The Morgan fingerprint density at radius 2 is 2.07 bits per heavy atom. The zero-order chi connectivity index (χ0) is 11.0. The molecule has 0 unspecified atom stereocenters. The zero-order valence-electron chi connectivity index (χ0n) is 8.45. The van der Waals surface area contributed by atoms with Crippen molar-refractivity contribution in [1.82, 2.24) is 5.06 Å². The Morgan fingerprint density at radius 3 is 2.50 bits per heavy atom. The third-order valence-electron chi connectivity index (χ3n) is 1.55. The van der Waals surface area contributed by atoms with Crippen LogP contribution in [0.5, 0.6) is 0 Å². The van der Waals surface area contributed by atoms with Crippen LogP contribution < -0.4 is 0 Å². The van der Waals surface area contributed by atoms with Gasteiger partial charge in [0.25, 0.3) is 5.91 Å². The molecule has 0 saturated carbocycles. The van der Waals surface area contributed by atoms with Gasteiger partial charge < -0.3 is 4.84 Å². The maximum atomic E-state index is 11.0. The van der Waals surface area contributed by atoms with Gasteiger partial charge in [0, 0.05) is 13.3 Å². The Balaban J connectivity index is 3.81. The predicted octanol–water partition coefficient (Wildman–Crippen LogP) is 1.35. The quantitative estimate of drug-likeness (QED) is 0.296. The molecule has 5 heteroatoms. The summed E-state index contributed by atoms with van der Waals surface area (Å²) in [5.41, 5.74) is 0. The van der Waals surface area contributed by atoms with E-state index < -0.39 is 11.9 Å². The number of rotatable bonds is 4. The highest BCUT2D eigenvalue weighted by atomic mass is 16.7. The largest absolute Gasteiger partial charge is 0.334 e. The molecule has 78 valence electrons. The van der Waals surface area contributed by atoms with Crippen LogP contribution in [0.25, 0.3) is 0 Å². The van der Waals surface area contributed by atoms with Crippen LogP contribution in [0.4, 0.5) is 0 Å². The minimum Gasteiger partial charge on any atom is -0.324 e. The van der Waals surface area contributed by atoms with E-state index in [1.54, 1.807) is 0 Å². The van der Waals surface area contributed by atoms with Crippen molar-refractivity contribution in [3.05, 3.63) is 0 Å². The van der Waals surface area contributed by atoms with Gasteiger partial charge >= 0.3 is 5.97 Å². The molecule has 0 aromatic heterocycles. The summed E-state index contributed by atoms with van der Waals surface area (Å²) in [4.78, 5) is 26.2. The minimum absolute atomic E-state index is 0.235. The maximum Gasteiger partial charge on any atom is 0.334 e. The lowest BCUT2D eigenvalue weighted by molar-refractivity contribution is -0.184. The van der Waals surface area contributed by atoms with E-state index in [4.69, 9.17) is 5.26 Å². The molecule has 0 aromatic rings. The second-order valence-electron chi connectivity index (χ2n) is 2.83. The van der Waals surface area contributed by atoms with Crippen molar-refractivity contribution in [3.8, 4) is 6.19 Å². The fraction of sp³-hybridized carbons (Fsp3) is 0.667. The third kappa shape index (κ3) is 5.14. The molecule has 0 radical (unpaired) electrons. The van der Waals surface area contributed by atoms with Crippen molar-refractivity contribution in [2.75, 3.05) is 0 Å². The first kappa shape index (κ1) is 12.4. The van der Waals surface area contributed by atoms with Gasteiger partial charge in [-0.25, -0.2) is 4.79 Å². The topological polar surface area (TPSA) is 70.4 Å². The lowest BCUT2D eigenvalue weighted by atomic mass is 10.2. The standard InChI is InChI=1S/C9H14N2O3/c1-3-4-5-6-9(13)14-11(7-10)8(2)12/h3-6H2,1-2H3. The Bertz CT molecular complexity index is 245. The summed E-state index contributed by atoms with van der Waals surface area (Å²) in [5, 5.41) is 8.78. The van der Waals surface area contributed by atoms with Gasteiger partial charge in [-0.2, -0.15) is 5.26 Å². The van der Waals surface area contributed by atoms with E-state index in [1.165, 1.54) is 6.19 Å². The van der Waals surface area contributed by atoms with E-state index in [9.17, 15) is 9.59 Å². The van der Waals surface area contributed by atoms with Crippen LogP contribution in [0, 0.1) is 11.5 Å². The number of hydrogen-bond donors (Lipinski definition) is 0. The Morgan fingerprint density at radius 1 is 1.43 bits per heavy atom. The average molecular weight is 198 g/mol. The maximum absolute atomic E-state index is 11.0. The second-order valence-corrected chi connectivity index (χ2v) is 2.83. The molecule has 0 aliphatic heterocycles. The van der Waals surface area contributed by atoms with Gasteiger partial charge in [0.05, 0.1) is 0 Å². The fourth-order valence-corrected chi connectivity index (χ4v) is 0.822. The normalized spacial score (nSPS) is 8.93. The Labute approximate surface area is 83.2 Å². The molecule has 0 heterocycles. The van der Waals surface area contributed by atoms with E-state index in [-0.39, 0.29) is 6.42 Å². The summed E-state index contributed by atoms with van der Waals surface area (Å²) in [6.07, 6.45) is 4.35. The van der Waals surface area contributed by atoms with Crippen LogP contribution in [0.15, 0.2) is 0 Å². The van der Waals surface area contributed by atoms with E-state index in [2.05, 4.69) is 4.84 Å². The summed E-state index contributed by atoms with van der Waals surface area (Å²) in [5.74, 6) is -1.15. The molecule has 0 aliphatic carbocycles. The molecule has 0 spiro atoms. The van der Waals surface area contributed by atoms with Crippen molar-refractivity contribution in [3.63, 3.8) is 0 Å². The number of amides is 1. The number of nitrogens with zero attached hydrogens (tertiary/aromatic N) is 2. The van der Waals surface area contributed by atoms with E-state index in [0.29, 0.717) is 11.5 Å². The monoisotopic (exact) mass is 198 g/mol. The summed E-state index contributed by atoms with van der Waals surface area (Å²) in [7, 11) is 0. The van der Waals surface area contributed by atoms with Crippen molar-refractivity contribution < 1.29 is 14.4 Å². The molecule has 0 atom stereocenters. The zero-order valence-corrected chi connectivity index (χ0v) is 8.45. The molecule has 14 heavy (non-hydrogen) atoms. The average Bonchev–Trinajstić information content (AvgIpc) is 2.14. The van der Waals surface area contributed by atoms with Crippen molar-refractivity contribution in [2.24, 2.45) is 0 Å². The van der Waals surface area contributed by atoms with Crippen LogP contribution >= 0.6 is 0 Å². The van der Waals surface area contributed by atoms with E-state index >= 15 is 0 Å². The number of hydrogen-bond acceptors (Lipinski definition) is 4. The van der Waals surface area contributed by atoms with Crippen LogP contribution in [0.1, 0.15) is 39.5 Å². The van der Waals surface area contributed by atoms with Gasteiger partial charge in [-0.3, -0.25) is 4.79 Å². The van der Waals surface area contributed by atoms with Gasteiger partial charge in [0.1, 0.15) is 0 Å².